The summed E-state index contributed by atoms with van der Waals surface area (Å²) in [6, 6.07) is 17.6. The van der Waals surface area contributed by atoms with Crippen LogP contribution in [-0.2, 0) is 4.79 Å². The maximum atomic E-state index is 12.2. The van der Waals surface area contributed by atoms with Crippen molar-refractivity contribution in [3.63, 3.8) is 0 Å². The van der Waals surface area contributed by atoms with Gasteiger partial charge in [-0.25, -0.2) is 0 Å². The first-order chi connectivity index (χ1) is 11.6. The summed E-state index contributed by atoms with van der Waals surface area (Å²) in [5.41, 5.74) is 2.93. The number of carbonyl (C=O) groups is 1. The molecule has 0 unspecified atom stereocenters. The van der Waals surface area contributed by atoms with Gasteiger partial charge in [0.05, 0.1) is 4.47 Å². The molecule has 1 heterocycles. The van der Waals surface area contributed by atoms with Crippen LogP contribution in [0.25, 0.3) is 10.4 Å². The Labute approximate surface area is 153 Å². The Kier molecular flexibility index (Phi) is 5.33. The molecule has 0 bridgehead atoms. The van der Waals surface area contributed by atoms with Crippen LogP contribution in [0.4, 0.5) is 5.69 Å². The second kappa shape index (κ2) is 7.64. The monoisotopic (exact) mass is 401 g/mol. The van der Waals surface area contributed by atoms with Crippen molar-refractivity contribution in [1.82, 2.24) is 0 Å². The molecule has 1 aromatic heterocycles. The SMILES string of the molecule is Cc1ccc(OCC(=O)Nc2ccccc2-c2cccs2)c(Br)c1. The number of rotatable bonds is 5. The van der Waals surface area contributed by atoms with E-state index in [1.165, 1.54) is 0 Å². The summed E-state index contributed by atoms with van der Waals surface area (Å²) in [7, 11) is 0. The van der Waals surface area contributed by atoms with Crippen molar-refractivity contribution in [3.05, 3.63) is 70.0 Å². The summed E-state index contributed by atoms with van der Waals surface area (Å²) in [6.45, 7) is 1.96. The molecule has 0 atom stereocenters. The van der Waals surface area contributed by atoms with Crippen LogP contribution in [0, 0.1) is 6.92 Å². The van der Waals surface area contributed by atoms with E-state index in [2.05, 4.69) is 21.2 Å². The number of aryl methyl sites for hydroxylation is 1. The highest BCUT2D eigenvalue weighted by atomic mass is 79.9. The fraction of sp³-hybridized carbons (Fsp3) is 0.105. The Morgan fingerprint density at radius 3 is 2.75 bits per heavy atom. The minimum absolute atomic E-state index is 0.0412. The average molecular weight is 402 g/mol. The van der Waals surface area contributed by atoms with E-state index in [0.717, 1.165) is 26.2 Å². The number of amides is 1. The molecule has 1 amide bonds. The van der Waals surface area contributed by atoms with Crippen molar-refractivity contribution in [2.45, 2.75) is 6.92 Å². The van der Waals surface area contributed by atoms with Gasteiger partial charge >= 0.3 is 0 Å². The molecular weight excluding hydrogens is 386 g/mol. The van der Waals surface area contributed by atoms with Crippen LogP contribution in [0.15, 0.2) is 64.5 Å². The number of nitrogens with one attached hydrogen (secondary N) is 1. The maximum Gasteiger partial charge on any atom is 0.262 e. The van der Waals surface area contributed by atoms with Gasteiger partial charge in [-0.05, 0) is 58.1 Å². The number of hydrogen-bond donors (Lipinski definition) is 1. The minimum atomic E-state index is -0.188. The zero-order valence-electron chi connectivity index (χ0n) is 13.1. The predicted molar refractivity (Wildman–Crippen MR) is 103 cm³/mol. The molecule has 5 heteroatoms. The summed E-state index contributed by atoms with van der Waals surface area (Å²) < 4.78 is 6.44. The Morgan fingerprint density at radius 1 is 1.17 bits per heavy atom. The van der Waals surface area contributed by atoms with E-state index >= 15 is 0 Å². The Hall–Kier alpha value is -2.11. The molecule has 3 nitrogen and oxygen atoms in total. The van der Waals surface area contributed by atoms with Crippen LogP contribution in [0.1, 0.15) is 5.56 Å². The van der Waals surface area contributed by atoms with Crippen LogP contribution in [0.5, 0.6) is 5.75 Å². The normalized spacial score (nSPS) is 10.4. The number of thiophene rings is 1. The van der Waals surface area contributed by atoms with E-state index in [4.69, 9.17) is 4.74 Å². The van der Waals surface area contributed by atoms with Gasteiger partial charge in [-0.2, -0.15) is 0 Å². The number of hydrogen-bond acceptors (Lipinski definition) is 3. The minimum Gasteiger partial charge on any atom is -0.483 e. The second-order valence-corrected chi connectivity index (χ2v) is 7.10. The standard InChI is InChI=1S/C19H16BrNO2S/c1-13-8-9-17(15(20)11-13)23-12-19(22)21-16-6-3-2-5-14(16)18-7-4-10-24-18/h2-11H,12H2,1H3,(H,21,22). The Morgan fingerprint density at radius 2 is 2.00 bits per heavy atom. The van der Waals surface area contributed by atoms with Gasteiger partial charge in [0.15, 0.2) is 6.61 Å². The fourth-order valence-corrected chi connectivity index (χ4v) is 3.66. The number of carbonyl (C=O) groups excluding carboxylic acids is 1. The van der Waals surface area contributed by atoms with E-state index < -0.39 is 0 Å². The van der Waals surface area contributed by atoms with Gasteiger partial charge in [0.2, 0.25) is 0 Å². The molecule has 24 heavy (non-hydrogen) atoms. The fourth-order valence-electron chi connectivity index (χ4n) is 2.29. The number of para-hydroxylation sites is 1. The lowest BCUT2D eigenvalue weighted by molar-refractivity contribution is -0.118. The van der Waals surface area contributed by atoms with Crippen LogP contribution < -0.4 is 10.1 Å². The van der Waals surface area contributed by atoms with E-state index in [9.17, 15) is 4.79 Å². The molecule has 0 aliphatic carbocycles. The topological polar surface area (TPSA) is 38.3 Å². The van der Waals surface area contributed by atoms with Crippen LogP contribution in [-0.4, -0.2) is 12.5 Å². The molecule has 0 spiro atoms. The lowest BCUT2D eigenvalue weighted by Gasteiger charge is -2.11. The predicted octanol–water partition coefficient (Wildman–Crippen LogP) is 5.50. The van der Waals surface area contributed by atoms with E-state index in [1.807, 2.05) is 66.9 Å². The molecule has 3 rings (SSSR count). The van der Waals surface area contributed by atoms with Crippen molar-refractivity contribution < 1.29 is 9.53 Å². The highest BCUT2D eigenvalue weighted by Gasteiger charge is 2.10. The molecular formula is C19H16BrNO2S. The lowest BCUT2D eigenvalue weighted by atomic mass is 10.1. The average Bonchev–Trinajstić information content (AvgIpc) is 3.09. The zero-order valence-corrected chi connectivity index (χ0v) is 15.5. The van der Waals surface area contributed by atoms with Crippen molar-refractivity contribution in [2.24, 2.45) is 0 Å². The molecule has 0 saturated carbocycles. The molecule has 3 aromatic rings. The van der Waals surface area contributed by atoms with Crippen molar-refractivity contribution >= 4 is 38.9 Å². The molecule has 1 N–H and O–H groups in total. The Bertz CT molecular complexity index is 846. The highest BCUT2D eigenvalue weighted by molar-refractivity contribution is 9.10. The summed E-state index contributed by atoms with van der Waals surface area (Å²) in [5, 5.41) is 4.95. The number of benzene rings is 2. The van der Waals surface area contributed by atoms with Crippen LogP contribution >= 0.6 is 27.3 Å². The quantitative estimate of drug-likeness (QED) is 0.612. The zero-order chi connectivity index (χ0) is 16.9. The smallest absolute Gasteiger partial charge is 0.262 e. The van der Waals surface area contributed by atoms with Gasteiger partial charge in [-0.3, -0.25) is 4.79 Å². The summed E-state index contributed by atoms with van der Waals surface area (Å²) >= 11 is 5.09. The third-order valence-electron chi connectivity index (χ3n) is 3.43. The molecule has 0 radical (unpaired) electrons. The Balaban J connectivity index is 1.67. The van der Waals surface area contributed by atoms with Crippen LogP contribution in [0.3, 0.4) is 0 Å². The van der Waals surface area contributed by atoms with Gasteiger partial charge < -0.3 is 10.1 Å². The number of ether oxygens (including phenoxy) is 1. The maximum absolute atomic E-state index is 12.2. The first kappa shape index (κ1) is 16.7. The van der Waals surface area contributed by atoms with Crippen molar-refractivity contribution in [2.75, 3.05) is 11.9 Å². The number of halogens is 1. The third kappa shape index (κ3) is 4.04. The van der Waals surface area contributed by atoms with E-state index in [0.29, 0.717) is 5.75 Å². The summed E-state index contributed by atoms with van der Waals surface area (Å²) in [5.74, 6) is 0.466. The summed E-state index contributed by atoms with van der Waals surface area (Å²) in [4.78, 5) is 13.4. The third-order valence-corrected chi connectivity index (χ3v) is 4.96. The van der Waals surface area contributed by atoms with Gasteiger partial charge in [-0.15, -0.1) is 11.3 Å². The van der Waals surface area contributed by atoms with Gasteiger partial charge in [0.1, 0.15) is 5.75 Å². The van der Waals surface area contributed by atoms with Gasteiger partial charge in [0.25, 0.3) is 5.91 Å². The van der Waals surface area contributed by atoms with Crippen LogP contribution in [0.2, 0.25) is 0 Å². The first-order valence-corrected chi connectivity index (χ1v) is 9.12. The molecule has 2 aromatic carbocycles. The van der Waals surface area contributed by atoms with E-state index in [-0.39, 0.29) is 12.5 Å². The molecule has 0 saturated heterocycles. The molecule has 0 aliphatic heterocycles. The second-order valence-electron chi connectivity index (χ2n) is 5.29. The number of anilines is 1. The lowest BCUT2D eigenvalue weighted by Crippen LogP contribution is -2.20. The van der Waals surface area contributed by atoms with Gasteiger partial charge in [-0.1, -0.05) is 30.3 Å². The highest BCUT2D eigenvalue weighted by Crippen LogP contribution is 2.31. The summed E-state index contributed by atoms with van der Waals surface area (Å²) in [6.07, 6.45) is 0. The first-order valence-electron chi connectivity index (χ1n) is 7.45. The molecule has 0 fully saturated rings. The van der Waals surface area contributed by atoms with E-state index in [1.54, 1.807) is 11.3 Å². The molecule has 122 valence electrons. The largest absolute Gasteiger partial charge is 0.483 e. The molecule has 0 aliphatic rings. The van der Waals surface area contributed by atoms with Crippen molar-refractivity contribution in [3.8, 4) is 16.2 Å². The van der Waals surface area contributed by atoms with Gasteiger partial charge in [0, 0.05) is 16.1 Å². The van der Waals surface area contributed by atoms with Crippen molar-refractivity contribution in [1.29, 1.82) is 0 Å².